The van der Waals surface area contributed by atoms with Gasteiger partial charge in [0.2, 0.25) is 11.8 Å². The summed E-state index contributed by atoms with van der Waals surface area (Å²) in [7, 11) is -4.05. The average molecular weight is 638 g/mol. The fourth-order valence-electron chi connectivity index (χ4n) is 6.11. The first-order chi connectivity index (χ1) is 22.1. The fraction of sp³-hybridized carbons (Fsp3) is 0.222. The molecule has 2 amide bonds. The predicted molar refractivity (Wildman–Crippen MR) is 169 cm³/mol. The van der Waals surface area contributed by atoms with Crippen molar-refractivity contribution >= 4 is 39.4 Å². The number of nitrogens with zero attached hydrogens (tertiary/aromatic N) is 1. The van der Waals surface area contributed by atoms with E-state index in [1.165, 1.54) is 53.4 Å². The standard InChI is InChI=1S/C36H31NO8S/c1-23-10-17-30(18-11-23)46(42,43)45-29-15-12-25(13-16-29)33(38)22-44-36(41)27-8-5-9-28(20-27)37-34(39)31-19-14-26(21-32(31)35(37)40)24-6-3-2-4-7-24/h2-13,15-18,20,26,31-32H,14,19,21-22H2,1H3. The van der Waals surface area contributed by atoms with Gasteiger partial charge in [0.25, 0.3) is 0 Å². The van der Waals surface area contributed by atoms with Crippen LogP contribution in [-0.4, -0.2) is 38.6 Å². The van der Waals surface area contributed by atoms with Crippen LogP contribution in [0.5, 0.6) is 5.75 Å². The summed E-state index contributed by atoms with van der Waals surface area (Å²) in [5.74, 6) is -2.42. The molecule has 0 N–H and O–H groups in total. The Hall–Kier alpha value is -5.09. The lowest BCUT2D eigenvalue weighted by Crippen LogP contribution is -2.31. The summed E-state index contributed by atoms with van der Waals surface area (Å²) >= 11 is 0. The second-order valence-corrected chi connectivity index (χ2v) is 13.1. The van der Waals surface area contributed by atoms with E-state index in [9.17, 15) is 27.6 Å². The number of imide groups is 1. The van der Waals surface area contributed by atoms with Crippen molar-refractivity contribution in [1.29, 1.82) is 0 Å². The maximum Gasteiger partial charge on any atom is 0.339 e. The van der Waals surface area contributed by atoms with Gasteiger partial charge in [0.1, 0.15) is 10.6 Å². The van der Waals surface area contributed by atoms with Crippen molar-refractivity contribution in [2.24, 2.45) is 11.8 Å². The number of hydrogen-bond acceptors (Lipinski definition) is 8. The predicted octanol–water partition coefficient (Wildman–Crippen LogP) is 5.88. The van der Waals surface area contributed by atoms with Crippen LogP contribution in [0.4, 0.5) is 5.69 Å². The number of ketones is 1. The summed E-state index contributed by atoms with van der Waals surface area (Å²) in [5, 5.41) is 0. The molecule has 0 aromatic heterocycles. The quantitative estimate of drug-likeness (QED) is 0.0966. The van der Waals surface area contributed by atoms with Crippen LogP contribution in [0.3, 0.4) is 0 Å². The first-order valence-electron chi connectivity index (χ1n) is 14.9. The van der Waals surface area contributed by atoms with E-state index < -0.39 is 34.4 Å². The van der Waals surface area contributed by atoms with Gasteiger partial charge < -0.3 is 8.92 Å². The van der Waals surface area contributed by atoms with Crippen molar-refractivity contribution in [1.82, 2.24) is 0 Å². The number of fused-ring (bicyclic) bond motifs is 1. The van der Waals surface area contributed by atoms with Gasteiger partial charge in [0.05, 0.1) is 23.1 Å². The molecule has 3 unspecified atom stereocenters. The molecule has 4 aromatic rings. The van der Waals surface area contributed by atoms with Gasteiger partial charge in [-0.25, -0.2) is 4.79 Å². The molecular weight excluding hydrogens is 606 g/mol. The van der Waals surface area contributed by atoms with Gasteiger partial charge in [-0.15, -0.1) is 0 Å². The number of esters is 1. The van der Waals surface area contributed by atoms with E-state index in [4.69, 9.17) is 8.92 Å². The number of ether oxygens (including phenoxy) is 1. The van der Waals surface area contributed by atoms with Gasteiger partial charge in [0.15, 0.2) is 12.4 Å². The van der Waals surface area contributed by atoms with Gasteiger partial charge in [0, 0.05) is 5.56 Å². The molecule has 3 atom stereocenters. The first kappa shape index (κ1) is 30.9. The Balaban J connectivity index is 1.07. The van der Waals surface area contributed by atoms with E-state index in [1.54, 1.807) is 24.3 Å². The Morgan fingerprint density at radius 2 is 1.48 bits per heavy atom. The summed E-state index contributed by atoms with van der Waals surface area (Å²) < 4.78 is 35.5. The monoisotopic (exact) mass is 637 g/mol. The lowest BCUT2D eigenvalue weighted by molar-refractivity contribution is -0.122. The molecule has 0 spiro atoms. The second-order valence-electron chi connectivity index (χ2n) is 11.6. The molecule has 6 rings (SSSR count). The van der Waals surface area contributed by atoms with Gasteiger partial charge in [-0.2, -0.15) is 8.42 Å². The Bertz CT molecular complexity index is 1900. The van der Waals surface area contributed by atoms with E-state index >= 15 is 0 Å². The van der Waals surface area contributed by atoms with Crippen molar-refractivity contribution in [3.05, 3.63) is 125 Å². The Morgan fingerprint density at radius 3 is 2.20 bits per heavy atom. The molecule has 4 aromatic carbocycles. The normalized spacial score (nSPS) is 19.4. The molecule has 46 heavy (non-hydrogen) atoms. The fourth-order valence-corrected chi connectivity index (χ4v) is 7.04. The maximum absolute atomic E-state index is 13.5. The van der Waals surface area contributed by atoms with E-state index in [1.807, 2.05) is 37.3 Å². The topological polar surface area (TPSA) is 124 Å². The third-order valence-corrected chi connectivity index (χ3v) is 9.82. The number of aryl methyl sites for hydroxylation is 1. The Labute approximate surface area is 266 Å². The van der Waals surface area contributed by atoms with E-state index in [0.717, 1.165) is 17.5 Å². The number of Topliss-reactive ketones (excluding diaryl/α,β-unsaturated/α-hetero) is 1. The number of carbonyl (C=O) groups excluding carboxylic acids is 4. The lowest BCUT2D eigenvalue weighted by atomic mass is 9.73. The van der Waals surface area contributed by atoms with Gasteiger partial charge in [-0.05, 0) is 92.3 Å². The minimum absolute atomic E-state index is 0.00255. The number of anilines is 1. The van der Waals surface area contributed by atoms with Crippen molar-refractivity contribution in [2.45, 2.75) is 37.0 Å². The maximum atomic E-state index is 13.5. The van der Waals surface area contributed by atoms with Gasteiger partial charge in [-0.1, -0.05) is 54.1 Å². The minimum atomic E-state index is -4.05. The summed E-state index contributed by atoms with van der Waals surface area (Å²) in [6, 6.07) is 27.7. The molecule has 10 heteroatoms. The number of amides is 2. The van der Waals surface area contributed by atoms with Crippen molar-refractivity contribution in [2.75, 3.05) is 11.5 Å². The molecule has 2 fully saturated rings. The zero-order valence-electron chi connectivity index (χ0n) is 25.0. The summed E-state index contributed by atoms with van der Waals surface area (Å²) in [6.07, 6.45) is 2.03. The van der Waals surface area contributed by atoms with Crippen LogP contribution in [0.25, 0.3) is 0 Å². The molecule has 1 saturated carbocycles. The highest BCUT2D eigenvalue weighted by Crippen LogP contribution is 2.45. The van der Waals surface area contributed by atoms with Crippen molar-refractivity contribution < 1.29 is 36.5 Å². The molecule has 234 valence electrons. The number of hydrogen-bond donors (Lipinski definition) is 0. The molecule has 2 aliphatic rings. The SMILES string of the molecule is Cc1ccc(S(=O)(=O)Oc2ccc(C(=O)COC(=O)c3cccc(N4C(=O)C5CCC(c6ccccc6)CC5C4=O)c3)cc2)cc1. The van der Waals surface area contributed by atoms with Crippen LogP contribution < -0.4 is 9.08 Å². The molecule has 0 radical (unpaired) electrons. The first-order valence-corrected chi connectivity index (χ1v) is 16.4. The third kappa shape index (κ3) is 6.34. The van der Waals surface area contributed by atoms with Crippen LogP contribution >= 0.6 is 0 Å². The number of rotatable bonds is 9. The average Bonchev–Trinajstić information content (AvgIpc) is 3.32. The summed E-state index contributed by atoms with van der Waals surface area (Å²) in [4.78, 5) is 53.6. The lowest BCUT2D eigenvalue weighted by Gasteiger charge is -2.28. The van der Waals surface area contributed by atoms with Crippen molar-refractivity contribution in [3.63, 3.8) is 0 Å². The van der Waals surface area contributed by atoms with Crippen LogP contribution in [0.2, 0.25) is 0 Å². The Morgan fingerprint density at radius 1 is 0.783 bits per heavy atom. The smallest absolute Gasteiger partial charge is 0.339 e. The highest BCUT2D eigenvalue weighted by molar-refractivity contribution is 7.87. The van der Waals surface area contributed by atoms with Crippen LogP contribution in [0.1, 0.15) is 57.0 Å². The second kappa shape index (κ2) is 12.7. The summed E-state index contributed by atoms with van der Waals surface area (Å²) in [5.41, 5.74) is 2.63. The van der Waals surface area contributed by atoms with E-state index in [2.05, 4.69) is 0 Å². The summed E-state index contributed by atoms with van der Waals surface area (Å²) in [6.45, 7) is 1.27. The molecular formula is C36H31NO8S. The Kier molecular flexibility index (Phi) is 8.55. The van der Waals surface area contributed by atoms with Gasteiger partial charge >= 0.3 is 16.1 Å². The molecule has 0 bridgehead atoms. The molecule has 9 nitrogen and oxygen atoms in total. The van der Waals surface area contributed by atoms with Crippen LogP contribution in [-0.2, 0) is 24.4 Å². The highest BCUT2D eigenvalue weighted by Gasteiger charge is 2.50. The van der Waals surface area contributed by atoms with Crippen LogP contribution in [0, 0.1) is 18.8 Å². The molecule has 1 aliphatic carbocycles. The molecule has 1 saturated heterocycles. The molecule has 1 aliphatic heterocycles. The zero-order valence-corrected chi connectivity index (χ0v) is 25.8. The zero-order chi connectivity index (χ0) is 32.4. The van der Waals surface area contributed by atoms with Gasteiger partial charge in [-0.3, -0.25) is 19.3 Å². The van der Waals surface area contributed by atoms with E-state index in [0.29, 0.717) is 12.8 Å². The van der Waals surface area contributed by atoms with Crippen LogP contribution in [0.15, 0.2) is 108 Å². The number of carbonyl (C=O) groups is 4. The van der Waals surface area contributed by atoms with Crippen molar-refractivity contribution in [3.8, 4) is 5.75 Å². The highest BCUT2D eigenvalue weighted by atomic mass is 32.2. The third-order valence-electron chi connectivity index (χ3n) is 8.56. The largest absolute Gasteiger partial charge is 0.454 e. The van der Waals surface area contributed by atoms with E-state index in [-0.39, 0.29) is 51.1 Å². The number of benzene rings is 4. The molecule has 1 heterocycles. The minimum Gasteiger partial charge on any atom is -0.454 e.